The van der Waals surface area contributed by atoms with Crippen molar-refractivity contribution in [2.45, 2.75) is 31.6 Å². The van der Waals surface area contributed by atoms with Gasteiger partial charge in [-0.3, -0.25) is 0 Å². The number of hydrogen-bond acceptors (Lipinski definition) is 2. The molecule has 88 valence electrons. The van der Waals surface area contributed by atoms with Crippen LogP contribution in [0.15, 0.2) is 42.5 Å². The lowest BCUT2D eigenvalue weighted by Crippen LogP contribution is -2.01. The summed E-state index contributed by atoms with van der Waals surface area (Å²) < 4.78 is 0. The number of hydrogen-bond donors (Lipinski definition) is 1. The molecular formula is C14H20OS. The molecule has 0 fully saturated rings. The first kappa shape index (κ1) is 13.3. The normalized spacial score (nSPS) is 13.1. The molecular weight excluding hydrogens is 216 g/mol. The summed E-state index contributed by atoms with van der Waals surface area (Å²) in [6.07, 6.45) is 5.43. The smallest absolute Gasteiger partial charge is 0.0721 e. The van der Waals surface area contributed by atoms with E-state index in [2.05, 4.69) is 24.3 Å². The Bertz CT molecular complexity index is 295. The zero-order valence-electron chi connectivity index (χ0n) is 9.80. The van der Waals surface area contributed by atoms with E-state index in [-0.39, 0.29) is 6.10 Å². The van der Waals surface area contributed by atoms with Gasteiger partial charge in [-0.15, -0.1) is 0 Å². The van der Waals surface area contributed by atoms with E-state index in [1.54, 1.807) is 0 Å². The molecule has 0 amide bonds. The zero-order chi connectivity index (χ0) is 11.6. The predicted octanol–water partition coefficient (Wildman–Crippen LogP) is 3.64. The van der Waals surface area contributed by atoms with Crippen LogP contribution in [0.5, 0.6) is 0 Å². The summed E-state index contributed by atoms with van der Waals surface area (Å²) in [5.41, 5.74) is 1.38. The van der Waals surface area contributed by atoms with Crippen molar-refractivity contribution in [3.05, 3.63) is 48.0 Å². The van der Waals surface area contributed by atoms with Crippen LogP contribution in [0.4, 0.5) is 0 Å². The van der Waals surface area contributed by atoms with E-state index < -0.39 is 0 Å². The third kappa shape index (κ3) is 5.99. The summed E-state index contributed by atoms with van der Waals surface area (Å²) in [6.45, 7) is 1.94. The average Bonchev–Trinajstić information content (AvgIpc) is 2.30. The van der Waals surface area contributed by atoms with E-state index in [1.165, 1.54) is 5.56 Å². The van der Waals surface area contributed by atoms with Gasteiger partial charge in [-0.05, 0) is 31.1 Å². The molecule has 0 spiro atoms. The highest BCUT2D eigenvalue weighted by Crippen LogP contribution is 2.14. The Labute approximate surface area is 103 Å². The fourth-order valence-corrected chi connectivity index (χ4v) is 2.42. The summed E-state index contributed by atoms with van der Waals surface area (Å²) in [5.74, 6) is 2.18. The molecule has 0 aliphatic rings. The van der Waals surface area contributed by atoms with Gasteiger partial charge in [-0.25, -0.2) is 0 Å². The second-order valence-corrected chi connectivity index (χ2v) is 4.88. The van der Waals surface area contributed by atoms with Crippen molar-refractivity contribution in [3.63, 3.8) is 0 Å². The lowest BCUT2D eigenvalue weighted by molar-refractivity contribution is 0.212. The van der Waals surface area contributed by atoms with Crippen LogP contribution in [0.3, 0.4) is 0 Å². The van der Waals surface area contributed by atoms with E-state index in [1.807, 2.05) is 36.9 Å². The molecule has 1 aromatic carbocycles. The van der Waals surface area contributed by atoms with Crippen LogP contribution >= 0.6 is 11.8 Å². The Morgan fingerprint density at radius 1 is 1.31 bits per heavy atom. The minimum Gasteiger partial charge on any atom is -0.389 e. The number of allylic oxidation sites excluding steroid dienone is 1. The van der Waals surface area contributed by atoms with Crippen LogP contribution in [0.1, 0.15) is 25.3 Å². The molecule has 0 aliphatic heterocycles. The van der Waals surface area contributed by atoms with Crippen LogP contribution in [0, 0.1) is 0 Å². The SMILES string of the molecule is CC=C[C@@H](O)CCCSCc1ccccc1. The van der Waals surface area contributed by atoms with Gasteiger partial charge < -0.3 is 5.11 Å². The predicted molar refractivity (Wildman–Crippen MR) is 72.7 cm³/mol. The van der Waals surface area contributed by atoms with E-state index >= 15 is 0 Å². The molecule has 0 bridgehead atoms. The molecule has 1 atom stereocenters. The summed E-state index contributed by atoms with van der Waals surface area (Å²) in [6, 6.07) is 10.5. The maximum atomic E-state index is 9.47. The molecule has 1 aromatic rings. The minimum atomic E-state index is -0.262. The Balaban J connectivity index is 2.04. The number of aliphatic hydroxyl groups excluding tert-OH is 1. The van der Waals surface area contributed by atoms with Gasteiger partial charge in [0.2, 0.25) is 0 Å². The van der Waals surface area contributed by atoms with Gasteiger partial charge in [0.1, 0.15) is 0 Å². The lowest BCUT2D eigenvalue weighted by atomic mass is 10.2. The van der Waals surface area contributed by atoms with Gasteiger partial charge in [0, 0.05) is 5.75 Å². The minimum absolute atomic E-state index is 0.262. The highest BCUT2D eigenvalue weighted by Gasteiger charge is 1.98. The quantitative estimate of drug-likeness (QED) is 0.576. The average molecular weight is 236 g/mol. The summed E-state index contributed by atoms with van der Waals surface area (Å²) in [5, 5.41) is 9.47. The maximum Gasteiger partial charge on any atom is 0.0721 e. The zero-order valence-corrected chi connectivity index (χ0v) is 10.6. The monoisotopic (exact) mass is 236 g/mol. The van der Waals surface area contributed by atoms with Gasteiger partial charge >= 0.3 is 0 Å². The number of benzene rings is 1. The molecule has 1 rings (SSSR count). The number of aliphatic hydroxyl groups is 1. The van der Waals surface area contributed by atoms with E-state index in [0.29, 0.717) is 0 Å². The molecule has 0 radical (unpaired) electrons. The number of thioether (sulfide) groups is 1. The maximum absolute atomic E-state index is 9.47. The molecule has 1 N–H and O–H groups in total. The summed E-state index contributed by atoms with van der Waals surface area (Å²) in [7, 11) is 0. The molecule has 0 unspecified atom stereocenters. The highest BCUT2D eigenvalue weighted by molar-refractivity contribution is 7.98. The van der Waals surface area contributed by atoms with Crippen molar-refractivity contribution in [1.82, 2.24) is 0 Å². The van der Waals surface area contributed by atoms with Gasteiger partial charge in [0.15, 0.2) is 0 Å². The second kappa shape index (κ2) is 8.43. The van der Waals surface area contributed by atoms with Crippen molar-refractivity contribution in [3.8, 4) is 0 Å². The molecule has 0 saturated heterocycles. The van der Waals surface area contributed by atoms with E-state index in [0.717, 1.165) is 24.3 Å². The van der Waals surface area contributed by atoms with Crippen molar-refractivity contribution in [2.75, 3.05) is 5.75 Å². The molecule has 0 aliphatic carbocycles. The molecule has 0 heterocycles. The van der Waals surface area contributed by atoms with E-state index in [9.17, 15) is 5.11 Å². The van der Waals surface area contributed by atoms with Gasteiger partial charge in [-0.2, -0.15) is 11.8 Å². The van der Waals surface area contributed by atoms with Crippen molar-refractivity contribution in [1.29, 1.82) is 0 Å². The molecule has 0 saturated carbocycles. The fraction of sp³-hybridized carbons (Fsp3) is 0.429. The first-order valence-corrected chi connectivity index (χ1v) is 6.91. The van der Waals surface area contributed by atoms with Crippen molar-refractivity contribution in [2.24, 2.45) is 0 Å². The Morgan fingerprint density at radius 2 is 2.06 bits per heavy atom. The summed E-state index contributed by atoms with van der Waals surface area (Å²) >= 11 is 1.93. The van der Waals surface area contributed by atoms with Crippen molar-refractivity contribution >= 4 is 11.8 Å². The molecule has 0 aromatic heterocycles. The third-order valence-electron chi connectivity index (χ3n) is 2.31. The molecule has 2 heteroatoms. The topological polar surface area (TPSA) is 20.2 Å². The standard InChI is InChI=1S/C14H20OS/c1-2-7-14(15)10-6-11-16-12-13-8-4-3-5-9-13/h2-5,7-9,14-15H,6,10-12H2,1H3/t14-/m1/s1. The fourth-order valence-electron chi connectivity index (χ4n) is 1.48. The second-order valence-electron chi connectivity index (χ2n) is 3.77. The highest BCUT2D eigenvalue weighted by atomic mass is 32.2. The molecule has 1 nitrogen and oxygen atoms in total. The third-order valence-corrected chi connectivity index (χ3v) is 3.43. The lowest BCUT2D eigenvalue weighted by Gasteiger charge is -2.05. The van der Waals surface area contributed by atoms with Crippen LogP contribution in [-0.2, 0) is 5.75 Å². The summed E-state index contributed by atoms with van der Waals surface area (Å²) in [4.78, 5) is 0. The van der Waals surface area contributed by atoms with E-state index in [4.69, 9.17) is 0 Å². The van der Waals surface area contributed by atoms with Crippen molar-refractivity contribution < 1.29 is 5.11 Å². The van der Waals surface area contributed by atoms with Crippen LogP contribution < -0.4 is 0 Å². The number of rotatable bonds is 7. The largest absolute Gasteiger partial charge is 0.389 e. The van der Waals surface area contributed by atoms with Crippen LogP contribution in [-0.4, -0.2) is 17.0 Å². The van der Waals surface area contributed by atoms with Gasteiger partial charge in [0.05, 0.1) is 6.10 Å². The Morgan fingerprint density at radius 3 is 2.75 bits per heavy atom. The molecule has 16 heavy (non-hydrogen) atoms. The first-order chi connectivity index (χ1) is 7.83. The van der Waals surface area contributed by atoms with Crippen LogP contribution in [0.2, 0.25) is 0 Å². The Kier molecular flexibility index (Phi) is 7.02. The van der Waals surface area contributed by atoms with Gasteiger partial charge in [-0.1, -0.05) is 42.5 Å². The van der Waals surface area contributed by atoms with Crippen LogP contribution in [0.25, 0.3) is 0 Å². The first-order valence-electron chi connectivity index (χ1n) is 5.75. The van der Waals surface area contributed by atoms with Gasteiger partial charge in [0.25, 0.3) is 0 Å². The Hall–Kier alpha value is -0.730.